The second-order valence-electron chi connectivity index (χ2n) is 7.52. The number of nitrogen functional groups attached to an aromatic ring is 1. The van der Waals surface area contributed by atoms with Crippen molar-refractivity contribution in [3.63, 3.8) is 0 Å². The third-order valence-corrected chi connectivity index (χ3v) is 6.25. The minimum absolute atomic E-state index is 0.202. The van der Waals surface area contributed by atoms with Crippen LogP contribution in [0, 0.1) is 0 Å². The summed E-state index contributed by atoms with van der Waals surface area (Å²) in [6, 6.07) is 25.1. The van der Waals surface area contributed by atoms with Gasteiger partial charge in [0.25, 0.3) is 5.91 Å². The van der Waals surface area contributed by atoms with Gasteiger partial charge in [-0.1, -0.05) is 36.4 Å². The zero-order valence-corrected chi connectivity index (χ0v) is 18.5. The number of nitrogens with zero attached hydrogens (tertiary/aromatic N) is 2. The molecule has 1 amide bonds. The summed E-state index contributed by atoms with van der Waals surface area (Å²) >= 11 is 1.64. The van der Waals surface area contributed by atoms with Gasteiger partial charge in [-0.05, 0) is 59.0 Å². The van der Waals surface area contributed by atoms with Gasteiger partial charge in [0.15, 0.2) is 0 Å². The van der Waals surface area contributed by atoms with Gasteiger partial charge in [-0.2, -0.15) is 0 Å². The van der Waals surface area contributed by atoms with E-state index in [1.165, 1.54) is 0 Å². The van der Waals surface area contributed by atoms with Crippen molar-refractivity contribution < 1.29 is 4.79 Å². The standard InChI is InChI=1S/C26H21N5OS/c27-21-12-11-19(24-6-3-13-33-24)14-23(21)31-26(32)18-9-7-17(8-10-18)15-28-25-20-4-1-2-5-22(20)29-16-30-25/h1-14,16H,15,27H2,(H,31,32)(H,28,29,30). The molecule has 162 valence electrons. The van der Waals surface area contributed by atoms with Crippen molar-refractivity contribution in [2.75, 3.05) is 16.4 Å². The number of fused-ring (bicyclic) bond motifs is 1. The van der Waals surface area contributed by atoms with Gasteiger partial charge >= 0.3 is 0 Å². The van der Waals surface area contributed by atoms with Gasteiger partial charge in [-0.15, -0.1) is 11.3 Å². The maximum absolute atomic E-state index is 12.8. The highest BCUT2D eigenvalue weighted by Crippen LogP contribution is 2.30. The molecule has 3 aromatic carbocycles. The lowest BCUT2D eigenvalue weighted by Crippen LogP contribution is -2.13. The van der Waals surface area contributed by atoms with Crippen LogP contribution in [0.1, 0.15) is 15.9 Å². The van der Waals surface area contributed by atoms with Crippen molar-refractivity contribution in [1.82, 2.24) is 9.97 Å². The van der Waals surface area contributed by atoms with Crippen LogP contribution in [0.2, 0.25) is 0 Å². The first-order chi connectivity index (χ1) is 16.2. The molecule has 0 fully saturated rings. The topological polar surface area (TPSA) is 92.9 Å². The normalized spacial score (nSPS) is 10.8. The van der Waals surface area contributed by atoms with Gasteiger partial charge < -0.3 is 16.4 Å². The molecule has 6 nitrogen and oxygen atoms in total. The molecule has 0 unspecified atom stereocenters. The number of hydrogen-bond donors (Lipinski definition) is 3. The average molecular weight is 452 g/mol. The van der Waals surface area contributed by atoms with E-state index in [0.29, 0.717) is 23.5 Å². The quantitative estimate of drug-likeness (QED) is 0.284. The zero-order chi connectivity index (χ0) is 22.6. The number of aromatic nitrogens is 2. The van der Waals surface area contributed by atoms with Crippen molar-refractivity contribution in [2.24, 2.45) is 0 Å². The number of carbonyl (C=O) groups excluding carboxylic acids is 1. The summed E-state index contributed by atoms with van der Waals surface area (Å²) in [6.07, 6.45) is 1.55. The van der Waals surface area contributed by atoms with Crippen molar-refractivity contribution in [3.05, 3.63) is 102 Å². The summed E-state index contributed by atoms with van der Waals surface area (Å²) < 4.78 is 0. The van der Waals surface area contributed by atoms with Gasteiger partial charge in [-0.3, -0.25) is 4.79 Å². The molecule has 5 aromatic rings. The zero-order valence-electron chi connectivity index (χ0n) is 17.7. The van der Waals surface area contributed by atoms with Crippen LogP contribution in [0.25, 0.3) is 21.3 Å². The van der Waals surface area contributed by atoms with E-state index in [1.54, 1.807) is 17.7 Å². The van der Waals surface area contributed by atoms with Crippen LogP contribution in [-0.4, -0.2) is 15.9 Å². The van der Waals surface area contributed by atoms with Crippen LogP contribution in [0.3, 0.4) is 0 Å². The van der Waals surface area contributed by atoms with Crippen molar-refractivity contribution in [2.45, 2.75) is 6.54 Å². The lowest BCUT2D eigenvalue weighted by atomic mass is 10.1. The highest BCUT2D eigenvalue weighted by molar-refractivity contribution is 7.13. The Bertz CT molecular complexity index is 1410. The van der Waals surface area contributed by atoms with Gasteiger partial charge in [0.1, 0.15) is 12.1 Å². The first kappa shape index (κ1) is 20.7. The lowest BCUT2D eigenvalue weighted by molar-refractivity contribution is 0.102. The molecule has 0 aliphatic rings. The van der Waals surface area contributed by atoms with E-state index in [4.69, 9.17) is 5.73 Å². The number of amides is 1. The lowest BCUT2D eigenvalue weighted by Gasteiger charge is -2.11. The Balaban J connectivity index is 1.27. The maximum Gasteiger partial charge on any atom is 0.255 e. The van der Waals surface area contributed by atoms with E-state index < -0.39 is 0 Å². The van der Waals surface area contributed by atoms with Crippen molar-refractivity contribution in [1.29, 1.82) is 0 Å². The van der Waals surface area contributed by atoms with E-state index in [9.17, 15) is 4.79 Å². The fourth-order valence-electron chi connectivity index (χ4n) is 3.56. The molecule has 0 spiro atoms. The third kappa shape index (κ3) is 4.53. The molecule has 4 N–H and O–H groups in total. The summed E-state index contributed by atoms with van der Waals surface area (Å²) in [6.45, 7) is 0.582. The number of anilines is 3. The number of nitrogens with one attached hydrogen (secondary N) is 2. The Labute approximate surface area is 195 Å². The number of rotatable bonds is 6. The van der Waals surface area contributed by atoms with Gasteiger partial charge in [0.2, 0.25) is 0 Å². The molecular weight excluding hydrogens is 430 g/mol. The third-order valence-electron chi connectivity index (χ3n) is 5.33. The van der Waals surface area contributed by atoms with Crippen LogP contribution in [0.15, 0.2) is 90.6 Å². The molecule has 33 heavy (non-hydrogen) atoms. The smallest absolute Gasteiger partial charge is 0.255 e. The SMILES string of the molecule is Nc1ccc(-c2cccs2)cc1NC(=O)c1ccc(CNc2ncnc3ccccc23)cc1. The first-order valence-electron chi connectivity index (χ1n) is 10.4. The molecule has 0 saturated heterocycles. The Morgan fingerprint density at radius 3 is 2.61 bits per heavy atom. The number of para-hydroxylation sites is 1. The molecule has 0 saturated carbocycles. The van der Waals surface area contributed by atoms with Crippen molar-refractivity contribution in [3.8, 4) is 10.4 Å². The molecule has 2 aromatic heterocycles. The predicted octanol–water partition coefficient (Wildman–Crippen LogP) is 5.80. The molecule has 0 bridgehead atoms. The largest absolute Gasteiger partial charge is 0.397 e. The Morgan fingerprint density at radius 2 is 1.79 bits per heavy atom. The number of benzene rings is 3. The summed E-state index contributed by atoms with van der Waals surface area (Å²) in [5.41, 5.74) is 10.7. The highest BCUT2D eigenvalue weighted by Gasteiger charge is 2.10. The molecule has 0 atom stereocenters. The minimum Gasteiger partial charge on any atom is -0.397 e. The Hall–Kier alpha value is -4.23. The molecule has 0 aliphatic carbocycles. The fourth-order valence-corrected chi connectivity index (χ4v) is 4.28. The fraction of sp³-hybridized carbons (Fsp3) is 0.0385. The summed E-state index contributed by atoms with van der Waals surface area (Å²) in [4.78, 5) is 22.6. The summed E-state index contributed by atoms with van der Waals surface area (Å²) in [5, 5.41) is 9.28. The molecule has 0 radical (unpaired) electrons. The number of thiophene rings is 1. The molecule has 5 rings (SSSR count). The van der Waals surface area contributed by atoms with Crippen LogP contribution < -0.4 is 16.4 Å². The number of carbonyl (C=O) groups is 1. The van der Waals surface area contributed by atoms with Gasteiger partial charge in [0.05, 0.1) is 16.9 Å². The van der Waals surface area contributed by atoms with Crippen molar-refractivity contribution >= 4 is 45.3 Å². The second-order valence-corrected chi connectivity index (χ2v) is 8.47. The summed E-state index contributed by atoms with van der Waals surface area (Å²) in [5.74, 6) is 0.579. The van der Waals surface area contributed by atoms with E-state index >= 15 is 0 Å². The average Bonchev–Trinajstić information content (AvgIpc) is 3.39. The number of hydrogen-bond acceptors (Lipinski definition) is 6. The minimum atomic E-state index is -0.202. The number of nitrogens with two attached hydrogens (primary N) is 1. The van der Waals surface area contributed by atoms with Gasteiger partial charge in [0, 0.05) is 22.4 Å². The Morgan fingerprint density at radius 1 is 0.939 bits per heavy atom. The predicted molar refractivity (Wildman–Crippen MR) is 135 cm³/mol. The maximum atomic E-state index is 12.8. The van der Waals surface area contributed by atoms with E-state index in [1.807, 2.05) is 84.2 Å². The van der Waals surface area contributed by atoms with Crippen LogP contribution in [-0.2, 0) is 6.54 Å². The first-order valence-corrected chi connectivity index (χ1v) is 11.3. The monoisotopic (exact) mass is 451 g/mol. The Kier molecular flexibility index (Phi) is 5.70. The molecule has 7 heteroatoms. The second kappa shape index (κ2) is 9.10. The van der Waals surface area contributed by atoms with Crippen LogP contribution in [0.5, 0.6) is 0 Å². The van der Waals surface area contributed by atoms with Crippen LogP contribution in [0.4, 0.5) is 17.2 Å². The molecule has 2 heterocycles. The molecular formula is C26H21N5OS. The van der Waals surface area contributed by atoms with Gasteiger partial charge in [-0.25, -0.2) is 9.97 Å². The summed E-state index contributed by atoms with van der Waals surface area (Å²) in [7, 11) is 0. The van der Waals surface area contributed by atoms with E-state index in [0.717, 1.165) is 32.7 Å². The van der Waals surface area contributed by atoms with Crippen LogP contribution >= 0.6 is 11.3 Å². The highest BCUT2D eigenvalue weighted by atomic mass is 32.1. The van der Waals surface area contributed by atoms with E-state index in [2.05, 4.69) is 20.6 Å². The molecule has 0 aliphatic heterocycles. The van der Waals surface area contributed by atoms with E-state index in [-0.39, 0.29) is 5.91 Å².